The van der Waals surface area contributed by atoms with Gasteiger partial charge in [-0.1, -0.05) is 0 Å². The molecule has 1 aliphatic rings. The summed E-state index contributed by atoms with van der Waals surface area (Å²) in [7, 11) is 1.63. The van der Waals surface area contributed by atoms with Crippen molar-refractivity contribution in [2.75, 3.05) is 13.6 Å². The van der Waals surface area contributed by atoms with E-state index in [-0.39, 0.29) is 12.5 Å². The molecule has 1 aliphatic carbocycles. The van der Waals surface area contributed by atoms with Gasteiger partial charge in [0, 0.05) is 6.04 Å². The van der Waals surface area contributed by atoms with Gasteiger partial charge in [-0.3, -0.25) is 14.5 Å². The molecule has 0 aromatic heterocycles. The van der Waals surface area contributed by atoms with Crippen LogP contribution in [0.4, 0.5) is 0 Å². The molecule has 2 N–H and O–H groups in total. The van der Waals surface area contributed by atoms with Crippen LogP contribution in [0.15, 0.2) is 0 Å². The second kappa shape index (κ2) is 4.41. The minimum Gasteiger partial charge on any atom is -0.480 e. The van der Waals surface area contributed by atoms with E-state index in [9.17, 15) is 9.59 Å². The number of carboxylic acids is 1. The number of carbonyl (C=O) groups is 2. The molecule has 0 spiro atoms. The van der Waals surface area contributed by atoms with Crippen LogP contribution < -0.4 is 5.32 Å². The Balaban J connectivity index is 2.27. The number of nitrogens with zero attached hydrogens (tertiary/aromatic N) is 1. The minimum atomic E-state index is -0.910. The summed E-state index contributed by atoms with van der Waals surface area (Å²) in [6.45, 7) is 1.71. The van der Waals surface area contributed by atoms with Gasteiger partial charge in [-0.25, -0.2) is 0 Å². The van der Waals surface area contributed by atoms with E-state index in [1.807, 2.05) is 0 Å². The van der Waals surface area contributed by atoms with Crippen molar-refractivity contribution in [3.8, 4) is 0 Å². The van der Waals surface area contributed by atoms with E-state index in [0.717, 1.165) is 12.8 Å². The maximum atomic E-state index is 11.3. The monoisotopic (exact) mass is 200 g/mol. The van der Waals surface area contributed by atoms with Crippen LogP contribution in [0.25, 0.3) is 0 Å². The van der Waals surface area contributed by atoms with Crippen LogP contribution in [0.3, 0.4) is 0 Å². The van der Waals surface area contributed by atoms with Crippen molar-refractivity contribution in [3.63, 3.8) is 0 Å². The molecular weight excluding hydrogens is 184 g/mol. The zero-order valence-electron chi connectivity index (χ0n) is 8.49. The Morgan fingerprint density at radius 1 is 1.57 bits per heavy atom. The maximum Gasteiger partial charge on any atom is 0.320 e. The first-order chi connectivity index (χ1) is 6.50. The van der Waals surface area contributed by atoms with Gasteiger partial charge < -0.3 is 10.4 Å². The van der Waals surface area contributed by atoms with E-state index < -0.39 is 12.0 Å². The Morgan fingerprint density at radius 2 is 2.14 bits per heavy atom. The number of likely N-dealkylation sites (N-methyl/N-ethyl adjacent to an activating group) is 1. The Bertz CT molecular complexity index is 238. The first kappa shape index (κ1) is 11.0. The van der Waals surface area contributed by atoms with Crippen LogP contribution in [0.1, 0.15) is 19.8 Å². The van der Waals surface area contributed by atoms with Gasteiger partial charge in [-0.05, 0) is 26.8 Å². The molecule has 0 saturated heterocycles. The smallest absolute Gasteiger partial charge is 0.320 e. The number of carboxylic acid groups (broad SMARTS) is 1. The van der Waals surface area contributed by atoms with Crippen LogP contribution in [0.5, 0.6) is 0 Å². The van der Waals surface area contributed by atoms with Gasteiger partial charge in [0.1, 0.15) is 6.04 Å². The predicted octanol–water partition coefficient (Wildman–Crippen LogP) is -0.330. The van der Waals surface area contributed by atoms with Gasteiger partial charge in [-0.15, -0.1) is 0 Å². The van der Waals surface area contributed by atoms with Crippen LogP contribution in [-0.2, 0) is 9.59 Å². The molecule has 1 atom stereocenters. The highest BCUT2D eigenvalue weighted by Gasteiger charge is 2.25. The van der Waals surface area contributed by atoms with Crippen molar-refractivity contribution in [2.45, 2.75) is 31.8 Å². The lowest BCUT2D eigenvalue weighted by Crippen LogP contribution is -2.43. The molecule has 0 aromatic carbocycles. The lowest BCUT2D eigenvalue weighted by Gasteiger charge is -2.20. The fraction of sp³-hybridized carbons (Fsp3) is 0.778. The zero-order valence-corrected chi connectivity index (χ0v) is 8.49. The van der Waals surface area contributed by atoms with Crippen molar-refractivity contribution in [1.82, 2.24) is 10.2 Å². The molecule has 14 heavy (non-hydrogen) atoms. The van der Waals surface area contributed by atoms with Gasteiger partial charge in [0.15, 0.2) is 0 Å². The Kier molecular flexibility index (Phi) is 3.46. The Labute approximate surface area is 83.1 Å². The van der Waals surface area contributed by atoms with Crippen LogP contribution in [0.2, 0.25) is 0 Å². The fourth-order valence-corrected chi connectivity index (χ4v) is 1.05. The molecule has 1 unspecified atom stereocenters. The predicted molar refractivity (Wildman–Crippen MR) is 50.9 cm³/mol. The van der Waals surface area contributed by atoms with Gasteiger partial charge in [0.25, 0.3) is 0 Å². The largest absolute Gasteiger partial charge is 0.480 e. The second-order valence-electron chi connectivity index (χ2n) is 3.77. The average molecular weight is 200 g/mol. The summed E-state index contributed by atoms with van der Waals surface area (Å²) in [6.07, 6.45) is 2.09. The second-order valence-corrected chi connectivity index (χ2v) is 3.77. The van der Waals surface area contributed by atoms with Gasteiger partial charge in [0.2, 0.25) is 5.91 Å². The summed E-state index contributed by atoms with van der Waals surface area (Å²) in [6, 6.07) is -0.295. The number of hydrogen-bond donors (Lipinski definition) is 2. The van der Waals surface area contributed by atoms with Crippen LogP contribution >= 0.6 is 0 Å². The number of amides is 1. The first-order valence-electron chi connectivity index (χ1n) is 4.73. The van der Waals surface area contributed by atoms with E-state index in [4.69, 9.17) is 5.11 Å². The molecule has 0 aliphatic heterocycles. The standard InChI is InChI=1S/C9H16N2O3/c1-6(9(13)14)11(2)5-8(12)10-7-3-4-7/h6-7H,3-5H2,1-2H3,(H,10,12)(H,13,14). The van der Waals surface area contributed by atoms with E-state index in [1.165, 1.54) is 4.90 Å². The normalized spacial score (nSPS) is 17.9. The molecule has 80 valence electrons. The molecule has 5 heteroatoms. The summed E-state index contributed by atoms with van der Waals surface area (Å²) in [4.78, 5) is 23.4. The first-order valence-corrected chi connectivity index (χ1v) is 4.73. The SMILES string of the molecule is CC(C(=O)O)N(C)CC(=O)NC1CC1. The quantitative estimate of drug-likeness (QED) is 0.637. The highest BCUT2D eigenvalue weighted by atomic mass is 16.4. The molecule has 1 amide bonds. The molecule has 1 fully saturated rings. The van der Waals surface area contributed by atoms with Crippen molar-refractivity contribution in [1.29, 1.82) is 0 Å². The van der Waals surface area contributed by atoms with E-state index >= 15 is 0 Å². The topological polar surface area (TPSA) is 69.6 Å². The summed E-state index contributed by atoms with van der Waals surface area (Å²) >= 11 is 0. The summed E-state index contributed by atoms with van der Waals surface area (Å²) < 4.78 is 0. The van der Waals surface area contributed by atoms with Gasteiger partial charge in [0.05, 0.1) is 6.54 Å². The van der Waals surface area contributed by atoms with Crippen LogP contribution in [0, 0.1) is 0 Å². The Morgan fingerprint density at radius 3 is 2.57 bits per heavy atom. The lowest BCUT2D eigenvalue weighted by atomic mass is 10.3. The zero-order chi connectivity index (χ0) is 10.7. The number of aliphatic carboxylic acids is 1. The molecule has 1 rings (SSSR count). The Hall–Kier alpha value is -1.10. The lowest BCUT2D eigenvalue weighted by molar-refractivity contribution is -0.142. The third-order valence-electron chi connectivity index (χ3n) is 2.35. The van der Waals surface area contributed by atoms with Gasteiger partial charge >= 0.3 is 5.97 Å². The summed E-state index contributed by atoms with van der Waals surface area (Å²) in [5.41, 5.74) is 0. The van der Waals surface area contributed by atoms with Crippen molar-refractivity contribution in [2.24, 2.45) is 0 Å². The fourth-order valence-electron chi connectivity index (χ4n) is 1.05. The highest BCUT2D eigenvalue weighted by molar-refractivity contribution is 5.80. The van der Waals surface area contributed by atoms with Crippen LogP contribution in [-0.4, -0.2) is 47.6 Å². The van der Waals surface area contributed by atoms with Gasteiger partial charge in [-0.2, -0.15) is 0 Å². The molecule has 0 heterocycles. The number of carbonyl (C=O) groups excluding carboxylic acids is 1. The summed E-state index contributed by atoms with van der Waals surface area (Å²) in [5, 5.41) is 11.5. The third kappa shape index (κ3) is 3.33. The molecule has 0 bridgehead atoms. The third-order valence-corrected chi connectivity index (χ3v) is 2.35. The molecule has 0 aromatic rings. The molecular formula is C9H16N2O3. The molecule has 0 radical (unpaired) electrons. The number of hydrogen-bond acceptors (Lipinski definition) is 3. The van der Waals surface area contributed by atoms with E-state index in [2.05, 4.69) is 5.32 Å². The molecule has 1 saturated carbocycles. The summed E-state index contributed by atoms with van der Waals surface area (Å²) in [5.74, 6) is -1.00. The molecule has 5 nitrogen and oxygen atoms in total. The number of nitrogens with one attached hydrogen (secondary N) is 1. The van der Waals surface area contributed by atoms with Crippen molar-refractivity contribution in [3.05, 3.63) is 0 Å². The van der Waals surface area contributed by atoms with E-state index in [0.29, 0.717) is 6.04 Å². The van der Waals surface area contributed by atoms with Crippen molar-refractivity contribution >= 4 is 11.9 Å². The van der Waals surface area contributed by atoms with Crippen molar-refractivity contribution < 1.29 is 14.7 Å². The maximum absolute atomic E-state index is 11.3. The minimum absolute atomic E-state index is 0.0944. The number of rotatable bonds is 5. The average Bonchev–Trinajstić information content (AvgIpc) is 2.86. The van der Waals surface area contributed by atoms with E-state index in [1.54, 1.807) is 14.0 Å². The highest BCUT2D eigenvalue weighted by Crippen LogP contribution is 2.18.